The van der Waals surface area contributed by atoms with Crippen LogP contribution in [0.25, 0.3) is 22.4 Å². The largest absolute Gasteiger partial charge is 0.347 e. The van der Waals surface area contributed by atoms with E-state index in [4.69, 9.17) is 0 Å². The molecule has 0 saturated heterocycles. The van der Waals surface area contributed by atoms with E-state index >= 15 is 0 Å². The van der Waals surface area contributed by atoms with Crippen molar-refractivity contribution >= 4 is 28.7 Å². The van der Waals surface area contributed by atoms with Crippen LogP contribution in [0.2, 0.25) is 0 Å². The van der Waals surface area contributed by atoms with Crippen LogP contribution in [0, 0.1) is 12.7 Å². The maximum Gasteiger partial charge on any atom is 0.272 e. The summed E-state index contributed by atoms with van der Waals surface area (Å²) in [6.07, 6.45) is 1.23. The van der Waals surface area contributed by atoms with Crippen molar-refractivity contribution in [3.05, 3.63) is 77.0 Å². The molecule has 2 amide bonds. The molecule has 36 heavy (non-hydrogen) atoms. The van der Waals surface area contributed by atoms with E-state index in [2.05, 4.69) is 46.3 Å². The van der Waals surface area contributed by atoms with E-state index in [1.54, 1.807) is 50.4 Å². The van der Waals surface area contributed by atoms with Crippen molar-refractivity contribution in [1.82, 2.24) is 45.7 Å². The number of nitrogens with zero attached hydrogens (tertiary/aromatic N) is 7. The number of H-pyrrole nitrogens is 1. The monoisotopic (exact) mass is 486 g/mol. The molecule has 0 bridgehead atoms. The van der Waals surface area contributed by atoms with Gasteiger partial charge < -0.3 is 10.6 Å². The third-order valence-corrected chi connectivity index (χ3v) is 5.49. The number of tetrazole rings is 1. The second-order valence-corrected chi connectivity index (χ2v) is 7.92. The van der Waals surface area contributed by atoms with Crippen LogP contribution in [0.15, 0.2) is 48.8 Å². The summed E-state index contributed by atoms with van der Waals surface area (Å²) in [5.41, 5.74) is 3.07. The van der Waals surface area contributed by atoms with Crippen LogP contribution in [-0.2, 0) is 13.6 Å². The minimum Gasteiger partial charge on any atom is -0.347 e. The molecule has 0 aliphatic heterocycles. The zero-order valence-electron chi connectivity index (χ0n) is 19.2. The Bertz CT molecular complexity index is 1580. The zero-order chi connectivity index (χ0) is 25.2. The summed E-state index contributed by atoms with van der Waals surface area (Å²) in [6.45, 7) is 1.84. The lowest BCUT2D eigenvalue weighted by Crippen LogP contribution is -2.24. The van der Waals surface area contributed by atoms with Gasteiger partial charge in [0.05, 0.1) is 0 Å². The highest BCUT2D eigenvalue weighted by molar-refractivity contribution is 6.10. The molecular weight excluding hydrogens is 467 g/mol. The molecule has 3 aromatic heterocycles. The van der Waals surface area contributed by atoms with Crippen molar-refractivity contribution in [1.29, 1.82) is 0 Å². The SMILES string of the molecule is Cc1cc(CNC(=O)c2ncnc3c(NC(=O)c4ccc(-c5nn[nH]n5)cc4)nn(C)c23)ccc1F. The van der Waals surface area contributed by atoms with Gasteiger partial charge in [-0.05, 0) is 41.5 Å². The Morgan fingerprint density at radius 1 is 1.08 bits per heavy atom. The molecule has 0 spiro atoms. The van der Waals surface area contributed by atoms with Gasteiger partial charge in [-0.3, -0.25) is 14.3 Å². The van der Waals surface area contributed by atoms with Gasteiger partial charge in [0.25, 0.3) is 11.8 Å². The minimum atomic E-state index is -0.456. The van der Waals surface area contributed by atoms with Crippen LogP contribution in [0.1, 0.15) is 32.0 Å². The van der Waals surface area contributed by atoms with Gasteiger partial charge in [0.2, 0.25) is 5.82 Å². The third kappa shape index (κ3) is 4.36. The number of aryl methyl sites for hydroxylation is 2. The van der Waals surface area contributed by atoms with Gasteiger partial charge in [0, 0.05) is 24.7 Å². The molecule has 0 aliphatic carbocycles. The molecule has 5 aromatic rings. The molecule has 0 fully saturated rings. The summed E-state index contributed by atoms with van der Waals surface area (Å²) >= 11 is 0. The lowest BCUT2D eigenvalue weighted by atomic mass is 10.1. The number of anilines is 1. The first kappa shape index (κ1) is 22.7. The molecule has 0 aliphatic rings. The van der Waals surface area contributed by atoms with E-state index in [0.717, 1.165) is 5.56 Å². The van der Waals surface area contributed by atoms with Crippen LogP contribution in [0.3, 0.4) is 0 Å². The van der Waals surface area contributed by atoms with E-state index < -0.39 is 11.8 Å². The quantitative estimate of drug-likeness (QED) is 0.330. The molecule has 0 unspecified atom stereocenters. The van der Waals surface area contributed by atoms with Crippen LogP contribution >= 0.6 is 0 Å². The first-order valence-corrected chi connectivity index (χ1v) is 10.8. The number of benzene rings is 2. The molecule has 180 valence electrons. The van der Waals surface area contributed by atoms with Crippen LogP contribution in [-0.4, -0.2) is 52.2 Å². The smallest absolute Gasteiger partial charge is 0.272 e. The Hall–Kier alpha value is -5.07. The van der Waals surface area contributed by atoms with Crippen LogP contribution in [0.5, 0.6) is 0 Å². The Kier molecular flexibility index (Phi) is 5.86. The number of amides is 2. The molecule has 13 heteroatoms. The van der Waals surface area contributed by atoms with Crippen molar-refractivity contribution in [2.75, 3.05) is 5.32 Å². The molecule has 0 radical (unpaired) electrons. The molecule has 2 aromatic carbocycles. The van der Waals surface area contributed by atoms with Gasteiger partial charge in [0.1, 0.15) is 23.2 Å². The van der Waals surface area contributed by atoms with Gasteiger partial charge in [-0.25, -0.2) is 14.4 Å². The van der Waals surface area contributed by atoms with Crippen molar-refractivity contribution < 1.29 is 14.0 Å². The fourth-order valence-corrected chi connectivity index (χ4v) is 3.67. The lowest BCUT2D eigenvalue weighted by Gasteiger charge is -2.07. The third-order valence-electron chi connectivity index (χ3n) is 5.49. The summed E-state index contributed by atoms with van der Waals surface area (Å²) < 4.78 is 14.9. The van der Waals surface area contributed by atoms with E-state index in [1.165, 1.54) is 17.1 Å². The number of carbonyl (C=O) groups excluding carboxylic acids is 2. The Morgan fingerprint density at radius 2 is 1.89 bits per heavy atom. The van der Waals surface area contributed by atoms with E-state index in [1.807, 2.05) is 0 Å². The normalized spacial score (nSPS) is 11.0. The highest BCUT2D eigenvalue weighted by atomic mass is 19.1. The highest BCUT2D eigenvalue weighted by Gasteiger charge is 2.21. The number of hydrogen-bond acceptors (Lipinski definition) is 8. The summed E-state index contributed by atoms with van der Waals surface area (Å²) in [7, 11) is 1.63. The second kappa shape index (κ2) is 9.29. The van der Waals surface area contributed by atoms with E-state index in [0.29, 0.717) is 33.5 Å². The molecule has 12 nitrogen and oxygen atoms in total. The van der Waals surface area contributed by atoms with Gasteiger partial charge in [-0.2, -0.15) is 10.3 Å². The number of carbonyl (C=O) groups is 2. The first-order valence-electron chi connectivity index (χ1n) is 10.8. The summed E-state index contributed by atoms with van der Waals surface area (Å²) in [5.74, 6) is -0.580. The van der Waals surface area contributed by atoms with Gasteiger partial charge in [-0.15, -0.1) is 10.2 Å². The van der Waals surface area contributed by atoms with E-state index in [-0.39, 0.29) is 23.9 Å². The van der Waals surface area contributed by atoms with Gasteiger partial charge in [-0.1, -0.05) is 24.3 Å². The molecule has 3 heterocycles. The lowest BCUT2D eigenvalue weighted by molar-refractivity contribution is 0.0946. The van der Waals surface area contributed by atoms with Crippen molar-refractivity contribution in [2.45, 2.75) is 13.5 Å². The fourth-order valence-electron chi connectivity index (χ4n) is 3.67. The Balaban J connectivity index is 1.35. The minimum absolute atomic E-state index is 0.0961. The maximum absolute atomic E-state index is 13.5. The first-order chi connectivity index (χ1) is 17.4. The Labute approximate surface area is 203 Å². The topological polar surface area (TPSA) is 156 Å². The summed E-state index contributed by atoms with van der Waals surface area (Å²) in [4.78, 5) is 34.1. The van der Waals surface area contributed by atoms with E-state index in [9.17, 15) is 14.0 Å². The standard InChI is InChI=1S/C23H19FN10O2/c1-12-9-13(3-8-16(12)24)10-25-23(36)18-19-17(26-11-27-18)21(31-34(19)2)28-22(35)15-6-4-14(5-7-15)20-29-32-33-30-20/h3-9,11H,10H2,1-2H3,(H,25,36)(H,28,31,35)(H,29,30,32,33). The number of aromatic nitrogens is 8. The van der Waals surface area contributed by atoms with Gasteiger partial charge in [0.15, 0.2) is 11.5 Å². The van der Waals surface area contributed by atoms with Crippen LogP contribution < -0.4 is 10.6 Å². The zero-order valence-corrected chi connectivity index (χ0v) is 19.2. The average molecular weight is 486 g/mol. The summed E-state index contributed by atoms with van der Waals surface area (Å²) in [5, 5.41) is 23.5. The second-order valence-electron chi connectivity index (χ2n) is 7.92. The molecular formula is C23H19FN10O2. The number of rotatable bonds is 6. The van der Waals surface area contributed by atoms with Crippen molar-refractivity contribution in [3.63, 3.8) is 0 Å². The number of nitrogens with one attached hydrogen (secondary N) is 3. The average Bonchev–Trinajstić information content (AvgIpc) is 3.53. The molecule has 0 saturated carbocycles. The molecule has 0 atom stereocenters. The predicted octanol–water partition coefficient (Wildman–Crippen LogP) is 2.17. The number of halogens is 1. The summed E-state index contributed by atoms with van der Waals surface area (Å²) in [6, 6.07) is 11.3. The number of aromatic amines is 1. The molecule has 5 rings (SSSR count). The fraction of sp³-hybridized carbons (Fsp3) is 0.130. The Morgan fingerprint density at radius 3 is 2.61 bits per heavy atom. The molecule has 3 N–H and O–H groups in total. The predicted molar refractivity (Wildman–Crippen MR) is 126 cm³/mol. The van der Waals surface area contributed by atoms with Crippen molar-refractivity contribution in [2.24, 2.45) is 7.05 Å². The van der Waals surface area contributed by atoms with Gasteiger partial charge >= 0.3 is 0 Å². The number of hydrogen-bond donors (Lipinski definition) is 3. The highest BCUT2D eigenvalue weighted by Crippen LogP contribution is 2.23. The maximum atomic E-state index is 13.5. The number of fused-ring (bicyclic) bond motifs is 1. The van der Waals surface area contributed by atoms with Crippen LogP contribution in [0.4, 0.5) is 10.2 Å². The van der Waals surface area contributed by atoms with Crippen molar-refractivity contribution in [3.8, 4) is 11.4 Å².